The van der Waals surface area contributed by atoms with Crippen LogP contribution in [0.1, 0.15) is 33.6 Å². The average Bonchev–Trinajstić information content (AvgIpc) is 2.16. The van der Waals surface area contributed by atoms with Gasteiger partial charge < -0.3 is 21.1 Å². The molecule has 0 radical (unpaired) electrons. The summed E-state index contributed by atoms with van der Waals surface area (Å²) in [5.74, 6) is -3.50. The molecular weight excluding hydrogens is 242 g/mol. The van der Waals surface area contributed by atoms with E-state index in [1.165, 1.54) is 6.92 Å². The van der Waals surface area contributed by atoms with Crippen LogP contribution in [-0.4, -0.2) is 39.3 Å². The molecule has 0 fully saturated rings. The van der Waals surface area contributed by atoms with Crippen LogP contribution in [0.2, 0.25) is 0 Å². The first-order chi connectivity index (χ1) is 8.07. The molecule has 0 aromatic carbocycles. The van der Waals surface area contributed by atoms with Crippen LogP contribution in [0.5, 0.6) is 0 Å². The van der Waals surface area contributed by atoms with Crippen molar-refractivity contribution in [3.63, 3.8) is 0 Å². The Hall–Kier alpha value is -1.63. The predicted molar refractivity (Wildman–Crippen MR) is 64.1 cm³/mol. The molecule has 0 aromatic heterocycles. The third-order valence-corrected chi connectivity index (χ3v) is 1.94. The number of nitrogens with two attached hydrogens (primary N) is 1. The van der Waals surface area contributed by atoms with Crippen LogP contribution < -0.4 is 5.73 Å². The zero-order valence-corrected chi connectivity index (χ0v) is 10.8. The van der Waals surface area contributed by atoms with Gasteiger partial charge in [-0.3, -0.25) is 14.4 Å². The van der Waals surface area contributed by atoms with Gasteiger partial charge in [0, 0.05) is 0 Å². The Bertz CT molecular complexity index is 289. The summed E-state index contributed by atoms with van der Waals surface area (Å²) in [6.07, 6.45) is 0.241. The van der Waals surface area contributed by atoms with Crippen LogP contribution in [0.4, 0.5) is 0 Å². The first kappa shape index (κ1) is 18.7. The molecule has 0 rings (SSSR count). The van der Waals surface area contributed by atoms with Gasteiger partial charge in [0.15, 0.2) is 0 Å². The molecule has 7 heteroatoms. The van der Waals surface area contributed by atoms with Crippen molar-refractivity contribution in [2.24, 2.45) is 17.6 Å². The summed E-state index contributed by atoms with van der Waals surface area (Å²) in [6, 6.07) is -0.690. The zero-order chi connectivity index (χ0) is 14.9. The fourth-order valence-electron chi connectivity index (χ4n) is 0.958. The summed E-state index contributed by atoms with van der Waals surface area (Å²) in [6.45, 7) is 5.25. The molecule has 5 N–H and O–H groups in total. The Kier molecular flexibility index (Phi) is 9.79. The highest BCUT2D eigenvalue weighted by molar-refractivity contribution is 5.77. The topological polar surface area (TPSA) is 138 Å². The van der Waals surface area contributed by atoms with Crippen molar-refractivity contribution >= 4 is 17.9 Å². The lowest BCUT2D eigenvalue weighted by atomic mass is 10.1. The molecule has 2 unspecified atom stereocenters. The van der Waals surface area contributed by atoms with Gasteiger partial charge in [0.1, 0.15) is 6.04 Å². The summed E-state index contributed by atoms with van der Waals surface area (Å²) in [4.78, 5) is 29.9. The van der Waals surface area contributed by atoms with E-state index in [0.717, 1.165) is 0 Å². The standard InChI is InChI=1S/C6H13NO2.C5H8O4/c1-4(2)3-5(7)6(8)9;1-3(5(8)9)2-4(6)7/h4-5H,3,7H2,1-2H3,(H,8,9);3H,2H2,1H3,(H,6,7)(H,8,9). The highest BCUT2D eigenvalue weighted by Crippen LogP contribution is 2.01. The molecule has 0 spiro atoms. The fraction of sp³-hybridized carbons (Fsp3) is 0.727. The Morgan fingerprint density at radius 3 is 1.56 bits per heavy atom. The highest BCUT2D eigenvalue weighted by Gasteiger charge is 2.14. The van der Waals surface area contributed by atoms with Crippen LogP contribution in [0.15, 0.2) is 0 Å². The molecule has 0 aliphatic heterocycles. The van der Waals surface area contributed by atoms with E-state index in [9.17, 15) is 14.4 Å². The summed E-state index contributed by atoms with van der Waals surface area (Å²) in [5, 5.41) is 24.5. The summed E-state index contributed by atoms with van der Waals surface area (Å²) in [7, 11) is 0. The Balaban J connectivity index is 0. The van der Waals surface area contributed by atoms with Crippen LogP contribution in [-0.2, 0) is 14.4 Å². The van der Waals surface area contributed by atoms with Gasteiger partial charge in [0.2, 0.25) is 0 Å². The number of rotatable bonds is 6. The van der Waals surface area contributed by atoms with Gasteiger partial charge in [-0.15, -0.1) is 0 Å². The second-order valence-corrected chi connectivity index (χ2v) is 4.41. The van der Waals surface area contributed by atoms with E-state index in [-0.39, 0.29) is 6.42 Å². The van der Waals surface area contributed by atoms with Gasteiger partial charge in [-0.25, -0.2) is 0 Å². The van der Waals surface area contributed by atoms with E-state index in [4.69, 9.17) is 21.1 Å². The maximum absolute atomic E-state index is 10.1. The number of hydrogen-bond donors (Lipinski definition) is 4. The van der Waals surface area contributed by atoms with Crippen LogP contribution in [0.3, 0.4) is 0 Å². The molecular formula is C11H21NO6. The number of hydrogen-bond acceptors (Lipinski definition) is 4. The van der Waals surface area contributed by atoms with Crippen molar-refractivity contribution in [1.29, 1.82) is 0 Å². The van der Waals surface area contributed by atoms with Gasteiger partial charge in [0.05, 0.1) is 12.3 Å². The second-order valence-electron chi connectivity index (χ2n) is 4.41. The molecule has 0 amide bonds. The first-order valence-electron chi connectivity index (χ1n) is 5.50. The predicted octanol–water partition coefficient (Wildman–Crippen LogP) is 0.626. The number of carboxylic acid groups (broad SMARTS) is 3. The molecule has 18 heavy (non-hydrogen) atoms. The van der Waals surface area contributed by atoms with Crippen molar-refractivity contribution < 1.29 is 29.7 Å². The zero-order valence-electron chi connectivity index (χ0n) is 10.8. The summed E-state index contributed by atoms with van der Waals surface area (Å²) >= 11 is 0. The van der Waals surface area contributed by atoms with Gasteiger partial charge in [-0.05, 0) is 12.3 Å². The molecule has 106 valence electrons. The number of carbonyl (C=O) groups is 3. The second kappa shape index (κ2) is 9.41. The normalized spacial score (nSPS) is 13.2. The minimum absolute atomic E-state index is 0.310. The lowest BCUT2D eigenvalue weighted by molar-refractivity contribution is -0.147. The van der Waals surface area contributed by atoms with E-state index in [1.807, 2.05) is 13.8 Å². The third kappa shape index (κ3) is 12.4. The van der Waals surface area contributed by atoms with Gasteiger partial charge in [-0.2, -0.15) is 0 Å². The lowest BCUT2D eigenvalue weighted by Crippen LogP contribution is -2.31. The smallest absolute Gasteiger partial charge is 0.320 e. The van der Waals surface area contributed by atoms with E-state index < -0.39 is 29.9 Å². The first-order valence-corrected chi connectivity index (χ1v) is 5.50. The summed E-state index contributed by atoms with van der Waals surface area (Å²) in [5.41, 5.74) is 5.22. The fourth-order valence-corrected chi connectivity index (χ4v) is 0.958. The molecule has 0 aliphatic carbocycles. The number of aliphatic carboxylic acids is 3. The molecule has 0 bridgehead atoms. The molecule has 0 aliphatic rings. The quantitative estimate of drug-likeness (QED) is 0.551. The SMILES string of the molecule is CC(C)CC(N)C(=O)O.CC(CC(=O)O)C(=O)O. The van der Waals surface area contributed by atoms with Gasteiger partial charge in [0.25, 0.3) is 0 Å². The van der Waals surface area contributed by atoms with Crippen molar-refractivity contribution in [3.8, 4) is 0 Å². The van der Waals surface area contributed by atoms with E-state index >= 15 is 0 Å². The molecule has 0 aromatic rings. The van der Waals surface area contributed by atoms with E-state index in [2.05, 4.69) is 0 Å². The molecule has 0 saturated heterocycles. The highest BCUT2D eigenvalue weighted by atomic mass is 16.4. The van der Waals surface area contributed by atoms with Crippen LogP contribution in [0.25, 0.3) is 0 Å². The minimum atomic E-state index is -1.08. The minimum Gasteiger partial charge on any atom is -0.481 e. The molecule has 2 atom stereocenters. The van der Waals surface area contributed by atoms with Crippen LogP contribution >= 0.6 is 0 Å². The van der Waals surface area contributed by atoms with E-state index in [0.29, 0.717) is 12.3 Å². The monoisotopic (exact) mass is 263 g/mol. The maximum atomic E-state index is 10.1. The van der Waals surface area contributed by atoms with Crippen molar-refractivity contribution in [3.05, 3.63) is 0 Å². The van der Waals surface area contributed by atoms with Crippen LogP contribution in [0, 0.1) is 11.8 Å². The van der Waals surface area contributed by atoms with Crippen molar-refractivity contribution in [2.75, 3.05) is 0 Å². The maximum Gasteiger partial charge on any atom is 0.320 e. The van der Waals surface area contributed by atoms with Crippen molar-refractivity contribution in [1.82, 2.24) is 0 Å². The Labute approximate surface area is 106 Å². The lowest BCUT2D eigenvalue weighted by Gasteiger charge is -2.07. The molecule has 0 saturated carbocycles. The average molecular weight is 263 g/mol. The van der Waals surface area contributed by atoms with Gasteiger partial charge in [-0.1, -0.05) is 20.8 Å². The van der Waals surface area contributed by atoms with Gasteiger partial charge >= 0.3 is 17.9 Å². The number of carboxylic acids is 3. The Morgan fingerprint density at radius 1 is 1.00 bits per heavy atom. The largest absolute Gasteiger partial charge is 0.481 e. The molecule has 7 nitrogen and oxygen atoms in total. The summed E-state index contributed by atoms with van der Waals surface area (Å²) < 4.78 is 0. The van der Waals surface area contributed by atoms with Crippen molar-refractivity contribution in [2.45, 2.75) is 39.7 Å². The Morgan fingerprint density at radius 2 is 1.44 bits per heavy atom. The van der Waals surface area contributed by atoms with E-state index in [1.54, 1.807) is 0 Å². The molecule has 0 heterocycles. The third-order valence-electron chi connectivity index (χ3n) is 1.94.